The molecule has 2 rings (SSSR count). The van der Waals surface area contributed by atoms with Gasteiger partial charge in [-0.2, -0.15) is 0 Å². The molecule has 5 nitrogen and oxygen atoms in total. The van der Waals surface area contributed by atoms with Crippen LogP contribution in [0.5, 0.6) is 0 Å². The molecule has 1 aromatic carbocycles. The van der Waals surface area contributed by atoms with Gasteiger partial charge >= 0.3 is 0 Å². The van der Waals surface area contributed by atoms with E-state index in [4.69, 9.17) is 0 Å². The summed E-state index contributed by atoms with van der Waals surface area (Å²) in [5, 5.41) is 2.85. The summed E-state index contributed by atoms with van der Waals surface area (Å²) in [5.74, 6) is -0.444. The highest BCUT2D eigenvalue weighted by atomic mass is 16.2. The van der Waals surface area contributed by atoms with E-state index in [1.807, 2.05) is 45.0 Å². The van der Waals surface area contributed by atoms with E-state index in [0.29, 0.717) is 25.3 Å². The van der Waals surface area contributed by atoms with Crippen LogP contribution in [-0.4, -0.2) is 34.8 Å². The first-order chi connectivity index (χ1) is 11.6. The van der Waals surface area contributed by atoms with Crippen LogP contribution >= 0.6 is 0 Å². The summed E-state index contributed by atoms with van der Waals surface area (Å²) in [6.07, 6.45) is 0. The molecule has 0 spiro atoms. The fourth-order valence-corrected chi connectivity index (χ4v) is 2.43. The minimum atomic E-state index is -0.285. The Labute approximate surface area is 142 Å². The summed E-state index contributed by atoms with van der Waals surface area (Å²) >= 11 is 0. The monoisotopic (exact) mass is 325 g/mol. The van der Waals surface area contributed by atoms with Crippen LogP contribution in [-0.2, 0) is 6.54 Å². The normalized spacial score (nSPS) is 10.3. The van der Waals surface area contributed by atoms with Crippen molar-refractivity contribution in [2.75, 3.05) is 13.1 Å². The van der Waals surface area contributed by atoms with Crippen molar-refractivity contribution >= 4 is 11.8 Å². The third-order valence-electron chi connectivity index (χ3n) is 3.95. The average Bonchev–Trinajstić information content (AvgIpc) is 2.62. The van der Waals surface area contributed by atoms with Gasteiger partial charge in [-0.05, 0) is 44.0 Å². The maximum absolute atomic E-state index is 12.3. The smallest absolute Gasteiger partial charge is 0.272 e. The predicted octanol–water partition coefficient (Wildman–Crippen LogP) is 2.80. The topological polar surface area (TPSA) is 62.3 Å². The van der Waals surface area contributed by atoms with E-state index in [-0.39, 0.29) is 17.5 Å². The number of amides is 2. The van der Waals surface area contributed by atoms with Crippen LogP contribution in [0.25, 0.3) is 0 Å². The predicted molar refractivity (Wildman–Crippen MR) is 93.8 cm³/mol. The van der Waals surface area contributed by atoms with E-state index < -0.39 is 0 Å². The van der Waals surface area contributed by atoms with Crippen molar-refractivity contribution in [1.29, 1.82) is 0 Å². The Balaban J connectivity index is 2.09. The number of nitrogens with one attached hydrogen (secondary N) is 1. The third-order valence-corrected chi connectivity index (χ3v) is 3.95. The lowest BCUT2D eigenvalue weighted by atomic mass is 10.1. The summed E-state index contributed by atoms with van der Waals surface area (Å²) in [4.78, 5) is 30.6. The third kappa shape index (κ3) is 4.19. The van der Waals surface area contributed by atoms with Crippen molar-refractivity contribution in [2.24, 2.45) is 0 Å². The lowest BCUT2D eigenvalue weighted by Gasteiger charge is -2.18. The van der Waals surface area contributed by atoms with Crippen LogP contribution in [0.2, 0.25) is 0 Å². The van der Waals surface area contributed by atoms with Gasteiger partial charge in [-0.3, -0.25) is 9.59 Å². The van der Waals surface area contributed by atoms with Gasteiger partial charge in [0, 0.05) is 19.6 Å². The van der Waals surface area contributed by atoms with Crippen LogP contribution < -0.4 is 5.32 Å². The van der Waals surface area contributed by atoms with E-state index in [0.717, 1.165) is 11.1 Å². The van der Waals surface area contributed by atoms with Crippen molar-refractivity contribution in [3.63, 3.8) is 0 Å². The lowest BCUT2D eigenvalue weighted by molar-refractivity contribution is 0.0767. The maximum atomic E-state index is 12.3. The van der Waals surface area contributed by atoms with Crippen LogP contribution in [0.15, 0.2) is 42.5 Å². The summed E-state index contributed by atoms with van der Waals surface area (Å²) in [7, 11) is 0. The molecule has 0 radical (unpaired) electrons. The zero-order valence-corrected chi connectivity index (χ0v) is 14.4. The van der Waals surface area contributed by atoms with Gasteiger partial charge in [-0.1, -0.05) is 30.3 Å². The Kier molecular flexibility index (Phi) is 6.07. The Morgan fingerprint density at radius 3 is 2.33 bits per heavy atom. The minimum absolute atomic E-state index is 0.159. The standard InChI is InChI=1S/C19H23N3O2/c1-4-22(5-2)19(24)17-12-8-11-16(21-17)18(23)20-13-15-10-7-6-9-14(15)3/h6-12H,4-5,13H2,1-3H3,(H,20,23). The molecule has 1 N–H and O–H groups in total. The zero-order chi connectivity index (χ0) is 17.5. The Morgan fingerprint density at radius 1 is 1.00 bits per heavy atom. The highest BCUT2D eigenvalue weighted by Gasteiger charge is 2.16. The van der Waals surface area contributed by atoms with Crippen LogP contribution in [0.4, 0.5) is 0 Å². The summed E-state index contributed by atoms with van der Waals surface area (Å²) in [5.41, 5.74) is 2.72. The number of carbonyl (C=O) groups excluding carboxylic acids is 2. The number of aryl methyl sites for hydroxylation is 1. The molecule has 0 atom stereocenters. The lowest BCUT2D eigenvalue weighted by Crippen LogP contribution is -2.32. The first-order valence-electron chi connectivity index (χ1n) is 8.15. The molecule has 0 bridgehead atoms. The van der Waals surface area contributed by atoms with Crippen molar-refractivity contribution < 1.29 is 9.59 Å². The van der Waals surface area contributed by atoms with Crippen molar-refractivity contribution in [3.8, 4) is 0 Å². The molecule has 1 aromatic heterocycles. The summed E-state index contributed by atoms with van der Waals surface area (Å²) in [6.45, 7) is 7.49. The average molecular weight is 325 g/mol. The molecule has 2 amide bonds. The molecule has 24 heavy (non-hydrogen) atoms. The summed E-state index contributed by atoms with van der Waals surface area (Å²) in [6, 6.07) is 12.8. The van der Waals surface area contributed by atoms with E-state index in [2.05, 4.69) is 10.3 Å². The largest absolute Gasteiger partial charge is 0.347 e. The van der Waals surface area contributed by atoms with Gasteiger partial charge < -0.3 is 10.2 Å². The highest BCUT2D eigenvalue weighted by Crippen LogP contribution is 2.08. The van der Waals surface area contributed by atoms with Crippen molar-refractivity contribution in [3.05, 3.63) is 65.0 Å². The van der Waals surface area contributed by atoms with Gasteiger partial charge in [-0.25, -0.2) is 4.98 Å². The van der Waals surface area contributed by atoms with E-state index in [1.54, 1.807) is 23.1 Å². The van der Waals surface area contributed by atoms with E-state index in [1.165, 1.54) is 0 Å². The first kappa shape index (κ1) is 17.7. The quantitative estimate of drug-likeness (QED) is 0.888. The Hall–Kier alpha value is -2.69. The van der Waals surface area contributed by atoms with Crippen LogP contribution in [0.1, 0.15) is 46.0 Å². The first-order valence-corrected chi connectivity index (χ1v) is 8.15. The van der Waals surface area contributed by atoms with Gasteiger partial charge in [0.1, 0.15) is 11.4 Å². The van der Waals surface area contributed by atoms with Crippen molar-refractivity contribution in [2.45, 2.75) is 27.3 Å². The number of hydrogen-bond donors (Lipinski definition) is 1. The van der Waals surface area contributed by atoms with Gasteiger partial charge in [0.2, 0.25) is 0 Å². The van der Waals surface area contributed by atoms with Crippen LogP contribution in [0.3, 0.4) is 0 Å². The molecule has 0 aliphatic rings. The van der Waals surface area contributed by atoms with Gasteiger partial charge in [0.15, 0.2) is 0 Å². The molecule has 0 saturated carbocycles. The highest BCUT2D eigenvalue weighted by molar-refractivity contribution is 5.96. The zero-order valence-electron chi connectivity index (χ0n) is 14.4. The van der Waals surface area contributed by atoms with Gasteiger partial charge in [-0.15, -0.1) is 0 Å². The second-order valence-corrected chi connectivity index (χ2v) is 5.49. The molecule has 126 valence electrons. The maximum Gasteiger partial charge on any atom is 0.272 e. The van der Waals surface area contributed by atoms with Crippen LogP contribution in [0, 0.1) is 6.92 Å². The molecule has 0 aliphatic heterocycles. The van der Waals surface area contributed by atoms with Crippen molar-refractivity contribution in [1.82, 2.24) is 15.2 Å². The number of aromatic nitrogens is 1. The van der Waals surface area contributed by atoms with Gasteiger partial charge in [0.25, 0.3) is 11.8 Å². The Morgan fingerprint density at radius 2 is 1.67 bits per heavy atom. The molecule has 0 fully saturated rings. The number of carbonyl (C=O) groups is 2. The van der Waals surface area contributed by atoms with E-state index in [9.17, 15) is 9.59 Å². The molecular formula is C19H23N3O2. The second-order valence-electron chi connectivity index (χ2n) is 5.49. The summed E-state index contributed by atoms with van der Waals surface area (Å²) < 4.78 is 0. The van der Waals surface area contributed by atoms with E-state index >= 15 is 0 Å². The molecule has 2 aromatic rings. The second kappa shape index (κ2) is 8.24. The molecule has 0 aliphatic carbocycles. The molecule has 0 unspecified atom stereocenters. The molecular weight excluding hydrogens is 302 g/mol. The minimum Gasteiger partial charge on any atom is -0.347 e. The SMILES string of the molecule is CCN(CC)C(=O)c1cccc(C(=O)NCc2ccccc2C)n1. The molecule has 0 saturated heterocycles. The fraction of sp³-hybridized carbons (Fsp3) is 0.316. The van der Waals surface area contributed by atoms with Gasteiger partial charge in [0.05, 0.1) is 0 Å². The molecule has 1 heterocycles. The number of nitrogens with zero attached hydrogens (tertiary/aromatic N) is 2. The Bertz CT molecular complexity index is 724. The number of pyridine rings is 1. The number of benzene rings is 1. The number of rotatable bonds is 6. The number of hydrogen-bond acceptors (Lipinski definition) is 3. The molecule has 5 heteroatoms. The fourth-order valence-electron chi connectivity index (χ4n) is 2.43.